The highest BCUT2D eigenvalue weighted by molar-refractivity contribution is 6.33. The normalized spacial score (nSPS) is 12.3. The fourth-order valence-electron chi connectivity index (χ4n) is 2.06. The number of aliphatic carboxylic acids is 1. The molecule has 0 amide bonds. The minimum Gasteiger partial charge on any atom is -0.493 e. The topological polar surface area (TPSA) is 59.0 Å². The van der Waals surface area contributed by atoms with Crippen molar-refractivity contribution >= 4 is 17.6 Å². The van der Waals surface area contributed by atoms with Gasteiger partial charge in [-0.3, -0.25) is 9.69 Å². The molecule has 0 fully saturated rings. The van der Waals surface area contributed by atoms with Crippen LogP contribution in [0, 0.1) is 5.92 Å². The molecular formula is C15H22ClNO4. The number of carbonyl (C=O) groups is 1. The fraction of sp³-hybridized carbons (Fsp3) is 0.533. The van der Waals surface area contributed by atoms with Gasteiger partial charge in [0.15, 0.2) is 11.5 Å². The fourth-order valence-corrected chi connectivity index (χ4v) is 2.36. The molecule has 0 saturated carbocycles. The van der Waals surface area contributed by atoms with Crippen LogP contribution in [0.25, 0.3) is 0 Å². The van der Waals surface area contributed by atoms with E-state index in [2.05, 4.69) is 0 Å². The van der Waals surface area contributed by atoms with Gasteiger partial charge in [-0.1, -0.05) is 31.5 Å². The van der Waals surface area contributed by atoms with E-state index in [4.69, 9.17) is 26.2 Å². The van der Waals surface area contributed by atoms with Gasteiger partial charge in [-0.15, -0.1) is 0 Å². The summed E-state index contributed by atoms with van der Waals surface area (Å²) in [7, 11) is 3.10. The van der Waals surface area contributed by atoms with Crippen molar-refractivity contribution in [3.63, 3.8) is 0 Å². The van der Waals surface area contributed by atoms with E-state index in [1.165, 1.54) is 7.11 Å². The SMILES string of the molecule is CCN(Cc1ccc(OC)c(OC)c1Cl)CC(C)C(=O)O. The minimum absolute atomic E-state index is 0.427. The average Bonchev–Trinajstić information content (AvgIpc) is 2.47. The molecule has 0 bridgehead atoms. The summed E-state index contributed by atoms with van der Waals surface area (Å²) < 4.78 is 10.5. The van der Waals surface area contributed by atoms with Crippen LogP contribution in [0.4, 0.5) is 0 Å². The van der Waals surface area contributed by atoms with E-state index >= 15 is 0 Å². The molecule has 1 rings (SSSR count). The van der Waals surface area contributed by atoms with E-state index in [0.29, 0.717) is 29.6 Å². The molecule has 1 atom stereocenters. The molecule has 0 heterocycles. The second kappa shape index (κ2) is 8.10. The number of benzene rings is 1. The lowest BCUT2D eigenvalue weighted by Crippen LogP contribution is -2.31. The maximum atomic E-state index is 11.0. The minimum atomic E-state index is -0.799. The largest absolute Gasteiger partial charge is 0.493 e. The molecule has 0 saturated heterocycles. The van der Waals surface area contributed by atoms with Gasteiger partial charge in [0.25, 0.3) is 0 Å². The highest BCUT2D eigenvalue weighted by atomic mass is 35.5. The third-order valence-electron chi connectivity index (χ3n) is 3.36. The molecule has 1 N–H and O–H groups in total. The lowest BCUT2D eigenvalue weighted by atomic mass is 10.1. The number of carboxylic acids is 1. The summed E-state index contributed by atoms with van der Waals surface area (Å²) in [6.45, 7) is 5.45. The number of rotatable bonds is 8. The summed E-state index contributed by atoms with van der Waals surface area (Å²) in [5, 5.41) is 9.51. The van der Waals surface area contributed by atoms with Crippen molar-refractivity contribution < 1.29 is 19.4 Å². The molecule has 21 heavy (non-hydrogen) atoms. The van der Waals surface area contributed by atoms with Gasteiger partial charge < -0.3 is 14.6 Å². The molecule has 1 unspecified atom stereocenters. The number of hydrogen-bond acceptors (Lipinski definition) is 4. The predicted octanol–water partition coefficient (Wildman–Crippen LogP) is 2.90. The van der Waals surface area contributed by atoms with Crippen LogP contribution in [0.2, 0.25) is 5.02 Å². The maximum Gasteiger partial charge on any atom is 0.307 e. The second-order valence-electron chi connectivity index (χ2n) is 4.84. The summed E-state index contributed by atoms with van der Waals surface area (Å²) in [4.78, 5) is 13.0. The van der Waals surface area contributed by atoms with Crippen LogP contribution in [-0.4, -0.2) is 43.3 Å². The van der Waals surface area contributed by atoms with Gasteiger partial charge in [-0.05, 0) is 18.2 Å². The predicted molar refractivity (Wildman–Crippen MR) is 82.3 cm³/mol. The summed E-state index contributed by atoms with van der Waals surface area (Å²) >= 11 is 6.34. The lowest BCUT2D eigenvalue weighted by Gasteiger charge is -2.23. The van der Waals surface area contributed by atoms with E-state index in [1.807, 2.05) is 17.9 Å². The van der Waals surface area contributed by atoms with Gasteiger partial charge in [0, 0.05) is 13.1 Å². The van der Waals surface area contributed by atoms with Crippen LogP contribution in [0.3, 0.4) is 0 Å². The second-order valence-corrected chi connectivity index (χ2v) is 5.22. The Bertz CT molecular complexity index is 493. The number of carboxylic acid groups (broad SMARTS) is 1. The molecule has 5 nitrogen and oxygen atoms in total. The van der Waals surface area contributed by atoms with Gasteiger partial charge in [0.1, 0.15) is 0 Å². The van der Waals surface area contributed by atoms with Gasteiger partial charge >= 0.3 is 5.97 Å². The van der Waals surface area contributed by atoms with Crippen molar-refractivity contribution in [2.45, 2.75) is 20.4 Å². The first-order chi connectivity index (χ1) is 9.94. The molecule has 0 aromatic heterocycles. The Kier molecular flexibility index (Phi) is 6.78. The van der Waals surface area contributed by atoms with E-state index in [0.717, 1.165) is 12.1 Å². The average molecular weight is 316 g/mol. The zero-order valence-electron chi connectivity index (χ0n) is 12.9. The van der Waals surface area contributed by atoms with Crippen LogP contribution in [0.1, 0.15) is 19.4 Å². The van der Waals surface area contributed by atoms with Crippen LogP contribution in [0.15, 0.2) is 12.1 Å². The molecule has 0 aliphatic heterocycles. The van der Waals surface area contributed by atoms with Crippen LogP contribution in [-0.2, 0) is 11.3 Å². The molecule has 0 spiro atoms. The van der Waals surface area contributed by atoms with E-state index in [1.54, 1.807) is 20.1 Å². The number of halogens is 1. The number of ether oxygens (including phenoxy) is 2. The number of methoxy groups -OCH3 is 2. The van der Waals surface area contributed by atoms with Crippen molar-refractivity contribution in [3.8, 4) is 11.5 Å². The van der Waals surface area contributed by atoms with Crippen molar-refractivity contribution in [2.75, 3.05) is 27.3 Å². The van der Waals surface area contributed by atoms with Gasteiger partial charge in [-0.2, -0.15) is 0 Å². The first kappa shape index (κ1) is 17.6. The lowest BCUT2D eigenvalue weighted by molar-refractivity contribution is -0.141. The quantitative estimate of drug-likeness (QED) is 0.799. The molecule has 6 heteroatoms. The summed E-state index contributed by atoms with van der Waals surface area (Å²) in [6, 6.07) is 3.67. The van der Waals surface area contributed by atoms with Gasteiger partial charge in [-0.25, -0.2) is 0 Å². The van der Waals surface area contributed by atoms with E-state index in [9.17, 15) is 4.79 Å². The monoisotopic (exact) mass is 315 g/mol. The molecular weight excluding hydrogens is 294 g/mol. The van der Waals surface area contributed by atoms with Crippen molar-refractivity contribution in [3.05, 3.63) is 22.7 Å². The maximum absolute atomic E-state index is 11.0. The van der Waals surface area contributed by atoms with E-state index in [-0.39, 0.29) is 0 Å². The third kappa shape index (κ3) is 4.51. The molecule has 1 aromatic rings. The molecule has 0 radical (unpaired) electrons. The zero-order chi connectivity index (χ0) is 16.0. The standard InChI is InChI=1S/C15H22ClNO4/c1-5-17(8-10(2)15(18)19)9-11-6-7-12(20-3)14(21-4)13(11)16/h6-7,10H,5,8-9H2,1-4H3,(H,18,19). The third-order valence-corrected chi connectivity index (χ3v) is 3.77. The number of hydrogen-bond donors (Lipinski definition) is 1. The van der Waals surface area contributed by atoms with Crippen LogP contribution >= 0.6 is 11.6 Å². The van der Waals surface area contributed by atoms with Crippen molar-refractivity contribution in [1.29, 1.82) is 0 Å². The first-order valence-corrected chi connectivity index (χ1v) is 7.16. The highest BCUT2D eigenvalue weighted by Crippen LogP contribution is 2.37. The van der Waals surface area contributed by atoms with Crippen LogP contribution in [0.5, 0.6) is 11.5 Å². The highest BCUT2D eigenvalue weighted by Gasteiger charge is 2.18. The Labute approximate surface area is 130 Å². The Hall–Kier alpha value is -1.46. The van der Waals surface area contributed by atoms with Crippen molar-refractivity contribution in [2.24, 2.45) is 5.92 Å². The molecule has 0 aliphatic rings. The van der Waals surface area contributed by atoms with Crippen molar-refractivity contribution in [1.82, 2.24) is 4.90 Å². The zero-order valence-corrected chi connectivity index (χ0v) is 13.6. The smallest absolute Gasteiger partial charge is 0.307 e. The Balaban J connectivity index is 2.92. The number of nitrogens with zero attached hydrogens (tertiary/aromatic N) is 1. The summed E-state index contributed by atoms with van der Waals surface area (Å²) in [6.07, 6.45) is 0. The van der Waals surface area contributed by atoms with E-state index < -0.39 is 11.9 Å². The Morgan fingerprint density at radius 3 is 2.52 bits per heavy atom. The van der Waals surface area contributed by atoms with Crippen LogP contribution < -0.4 is 9.47 Å². The molecule has 0 aliphatic carbocycles. The Morgan fingerprint density at radius 2 is 2.05 bits per heavy atom. The van der Waals surface area contributed by atoms with Gasteiger partial charge in [0.2, 0.25) is 0 Å². The molecule has 1 aromatic carbocycles. The first-order valence-electron chi connectivity index (χ1n) is 6.79. The van der Waals surface area contributed by atoms with Gasteiger partial charge in [0.05, 0.1) is 25.2 Å². The summed E-state index contributed by atoms with van der Waals surface area (Å²) in [5.74, 6) is -0.150. The molecule has 118 valence electrons. The summed E-state index contributed by atoms with van der Waals surface area (Å²) in [5.41, 5.74) is 0.883. The Morgan fingerprint density at radius 1 is 1.38 bits per heavy atom.